The molecule has 1 saturated heterocycles. The second-order valence-corrected chi connectivity index (χ2v) is 6.93. The van der Waals surface area contributed by atoms with Gasteiger partial charge in [-0.2, -0.15) is 0 Å². The first-order valence-electron chi connectivity index (χ1n) is 8.60. The number of aryl methyl sites for hydroxylation is 1. The molecule has 1 saturated carbocycles. The molecule has 22 heavy (non-hydrogen) atoms. The maximum Gasteiger partial charge on any atom is 0.234 e. The molecule has 1 aromatic rings. The standard InChI is InChI=1S/C17H27N3O2/c1-12-6-3-4-7-14(12)18-17(21)11-20-9-5-8-16(20)15-10-13(2)22-19-15/h10,12,14,16H,3-9,11H2,1-2H3,(H,18,21)/t12-,14-,16+/m1/s1. The van der Waals surface area contributed by atoms with Gasteiger partial charge in [0.15, 0.2) is 0 Å². The van der Waals surface area contributed by atoms with Crippen molar-refractivity contribution in [1.82, 2.24) is 15.4 Å². The number of rotatable bonds is 4. The van der Waals surface area contributed by atoms with Crippen molar-refractivity contribution in [3.05, 3.63) is 17.5 Å². The summed E-state index contributed by atoms with van der Waals surface area (Å²) < 4.78 is 5.19. The number of carbonyl (C=O) groups excluding carboxylic acids is 1. The average molecular weight is 305 g/mol. The van der Waals surface area contributed by atoms with Crippen LogP contribution in [0.25, 0.3) is 0 Å². The van der Waals surface area contributed by atoms with Crippen molar-refractivity contribution in [2.75, 3.05) is 13.1 Å². The summed E-state index contributed by atoms with van der Waals surface area (Å²) in [6, 6.07) is 2.58. The third kappa shape index (κ3) is 3.51. The lowest BCUT2D eigenvalue weighted by molar-refractivity contribution is -0.123. The van der Waals surface area contributed by atoms with Crippen molar-refractivity contribution in [1.29, 1.82) is 0 Å². The van der Waals surface area contributed by atoms with E-state index in [4.69, 9.17) is 4.52 Å². The second-order valence-electron chi connectivity index (χ2n) is 6.93. The number of aromatic nitrogens is 1. The van der Waals surface area contributed by atoms with Crippen molar-refractivity contribution in [2.24, 2.45) is 5.92 Å². The summed E-state index contributed by atoms with van der Waals surface area (Å²) in [7, 11) is 0. The van der Waals surface area contributed by atoms with Crippen LogP contribution in [-0.2, 0) is 4.79 Å². The Hall–Kier alpha value is -1.36. The fourth-order valence-corrected chi connectivity index (χ4v) is 3.86. The molecule has 5 heteroatoms. The molecule has 1 aliphatic heterocycles. The first-order valence-corrected chi connectivity index (χ1v) is 8.60. The van der Waals surface area contributed by atoms with Crippen molar-refractivity contribution >= 4 is 5.91 Å². The molecule has 0 aromatic carbocycles. The van der Waals surface area contributed by atoms with Gasteiger partial charge in [-0.1, -0.05) is 24.9 Å². The minimum Gasteiger partial charge on any atom is -0.361 e. The molecule has 2 fully saturated rings. The quantitative estimate of drug-likeness (QED) is 0.929. The lowest BCUT2D eigenvalue weighted by Crippen LogP contribution is -2.45. The van der Waals surface area contributed by atoms with Crippen LogP contribution >= 0.6 is 0 Å². The third-order valence-electron chi connectivity index (χ3n) is 5.16. The van der Waals surface area contributed by atoms with E-state index >= 15 is 0 Å². The molecule has 3 rings (SSSR count). The molecule has 1 amide bonds. The van der Waals surface area contributed by atoms with Gasteiger partial charge in [0, 0.05) is 12.1 Å². The average Bonchev–Trinajstić information content (AvgIpc) is 3.10. The van der Waals surface area contributed by atoms with E-state index in [-0.39, 0.29) is 11.9 Å². The van der Waals surface area contributed by atoms with Crippen LogP contribution in [0.15, 0.2) is 10.6 Å². The van der Waals surface area contributed by atoms with E-state index in [1.54, 1.807) is 0 Å². The summed E-state index contributed by atoms with van der Waals surface area (Å²) in [6.45, 7) is 5.60. The van der Waals surface area contributed by atoms with Crippen molar-refractivity contribution < 1.29 is 9.32 Å². The zero-order chi connectivity index (χ0) is 15.5. The smallest absolute Gasteiger partial charge is 0.234 e. The summed E-state index contributed by atoms with van der Waals surface area (Å²) in [5.41, 5.74) is 0.967. The SMILES string of the molecule is Cc1cc([C@@H]2CCCN2CC(=O)N[C@@H]2CCCC[C@H]2C)no1. The number of likely N-dealkylation sites (tertiary alicyclic amines) is 1. The van der Waals surface area contributed by atoms with E-state index in [1.807, 2.05) is 13.0 Å². The Morgan fingerprint density at radius 1 is 1.36 bits per heavy atom. The van der Waals surface area contributed by atoms with Crippen LogP contribution in [-0.4, -0.2) is 35.1 Å². The number of amides is 1. The maximum absolute atomic E-state index is 12.4. The summed E-state index contributed by atoms with van der Waals surface area (Å²) in [6.07, 6.45) is 7.06. The van der Waals surface area contributed by atoms with Crippen LogP contribution in [0.2, 0.25) is 0 Å². The molecule has 0 spiro atoms. The molecule has 1 aromatic heterocycles. The van der Waals surface area contributed by atoms with Gasteiger partial charge in [-0.05, 0) is 45.1 Å². The Balaban J connectivity index is 1.56. The molecule has 0 unspecified atom stereocenters. The van der Waals surface area contributed by atoms with Gasteiger partial charge in [-0.3, -0.25) is 9.69 Å². The van der Waals surface area contributed by atoms with E-state index in [0.717, 1.165) is 37.3 Å². The Labute approximate surface area is 132 Å². The van der Waals surface area contributed by atoms with Crippen LogP contribution in [0.5, 0.6) is 0 Å². The first-order chi connectivity index (χ1) is 10.6. The van der Waals surface area contributed by atoms with Gasteiger partial charge in [0.25, 0.3) is 0 Å². The van der Waals surface area contributed by atoms with Crippen LogP contribution in [0.3, 0.4) is 0 Å². The molecular weight excluding hydrogens is 278 g/mol. The monoisotopic (exact) mass is 305 g/mol. The van der Waals surface area contributed by atoms with Crippen LogP contribution in [0, 0.1) is 12.8 Å². The largest absolute Gasteiger partial charge is 0.361 e. The number of carbonyl (C=O) groups is 1. The van der Waals surface area contributed by atoms with Gasteiger partial charge < -0.3 is 9.84 Å². The van der Waals surface area contributed by atoms with Crippen molar-refractivity contribution in [3.8, 4) is 0 Å². The Bertz CT molecular complexity index is 514. The van der Waals surface area contributed by atoms with E-state index in [0.29, 0.717) is 18.5 Å². The van der Waals surface area contributed by atoms with Gasteiger partial charge in [-0.15, -0.1) is 0 Å². The number of hydrogen-bond donors (Lipinski definition) is 1. The zero-order valence-electron chi connectivity index (χ0n) is 13.7. The molecule has 1 N–H and O–H groups in total. The molecule has 0 radical (unpaired) electrons. The Morgan fingerprint density at radius 3 is 2.91 bits per heavy atom. The predicted molar refractivity (Wildman–Crippen MR) is 84.4 cm³/mol. The minimum absolute atomic E-state index is 0.158. The molecule has 2 aliphatic rings. The van der Waals surface area contributed by atoms with E-state index in [9.17, 15) is 4.79 Å². The minimum atomic E-state index is 0.158. The van der Waals surface area contributed by atoms with Crippen molar-refractivity contribution in [3.63, 3.8) is 0 Å². The van der Waals surface area contributed by atoms with Gasteiger partial charge in [0.1, 0.15) is 11.5 Å². The predicted octanol–water partition coefficient (Wildman–Crippen LogP) is 2.81. The highest BCUT2D eigenvalue weighted by Gasteiger charge is 2.31. The van der Waals surface area contributed by atoms with Gasteiger partial charge in [0.2, 0.25) is 5.91 Å². The van der Waals surface area contributed by atoms with Crippen LogP contribution in [0.1, 0.15) is 62.9 Å². The molecular formula is C17H27N3O2. The highest BCUT2D eigenvalue weighted by Crippen LogP contribution is 2.31. The van der Waals surface area contributed by atoms with Crippen LogP contribution in [0.4, 0.5) is 0 Å². The number of hydrogen-bond acceptors (Lipinski definition) is 4. The lowest BCUT2D eigenvalue weighted by atomic mass is 9.86. The first kappa shape index (κ1) is 15.5. The zero-order valence-corrected chi connectivity index (χ0v) is 13.7. The molecule has 2 heterocycles. The Kier molecular flexibility index (Phi) is 4.81. The summed E-state index contributed by atoms with van der Waals surface area (Å²) in [4.78, 5) is 14.6. The molecule has 122 valence electrons. The molecule has 0 bridgehead atoms. The molecule has 1 aliphatic carbocycles. The summed E-state index contributed by atoms with van der Waals surface area (Å²) in [5.74, 6) is 1.60. The van der Waals surface area contributed by atoms with Gasteiger partial charge in [0.05, 0.1) is 12.6 Å². The van der Waals surface area contributed by atoms with Gasteiger partial charge in [-0.25, -0.2) is 0 Å². The fraction of sp³-hybridized carbons (Fsp3) is 0.765. The normalized spacial score (nSPS) is 29.6. The fourth-order valence-electron chi connectivity index (χ4n) is 3.86. The van der Waals surface area contributed by atoms with E-state index < -0.39 is 0 Å². The van der Waals surface area contributed by atoms with E-state index in [1.165, 1.54) is 19.3 Å². The lowest BCUT2D eigenvalue weighted by Gasteiger charge is -2.30. The van der Waals surface area contributed by atoms with Crippen molar-refractivity contribution in [2.45, 2.75) is 64.5 Å². The number of nitrogens with zero attached hydrogens (tertiary/aromatic N) is 2. The Morgan fingerprint density at radius 2 is 2.18 bits per heavy atom. The maximum atomic E-state index is 12.4. The van der Waals surface area contributed by atoms with Crippen LogP contribution < -0.4 is 5.32 Å². The number of nitrogens with one attached hydrogen (secondary N) is 1. The highest BCUT2D eigenvalue weighted by molar-refractivity contribution is 5.78. The van der Waals surface area contributed by atoms with E-state index in [2.05, 4.69) is 22.3 Å². The van der Waals surface area contributed by atoms with Gasteiger partial charge >= 0.3 is 0 Å². The third-order valence-corrected chi connectivity index (χ3v) is 5.16. The second kappa shape index (κ2) is 6.82. The topological polar surface area (TPSA) is 58.4 Å². The molecule has 5 nitrogen and oxygen atoms in total. The summed E-state index contributed by atoms with van der Waals surface area (Å²) >= 11 is 0. The molecule has 3 atom stereocenters. The highest BCUT2D eigenvalue weighted by atomic mass is 16.5. The summed E-state index contributed by atoms with van der Waals surface area (Å²) in [5, 5.41) is 7.38.